The first-order valence-electron chi connectivity index (χ1n) is 5.25. The summed E-state index contributed by atoms with van der Waals surface area (Å²) in [6.07, 6.45) is 6.10. The second-order valence-corrected chi connectivity index (χ2v) is 3.69. The van der Waals surface area contributed by atoms with Crippen LogP contribution in [0.25, 0.3) is 0 Å². The van der Waals surface area contributed by atoms with E-state index in [0.717, 1.165) is 25.7 Å². The van der Waals surface area contributed by atoms with Gasteiger partial charge in [-0.1, -0.05) is 25.7 Å². The molecule has 0 saturated heterocycles. The Morgan fingerprint density at radius 3 is 2.46 bits per heavy atom. The fourth-order valence-electron chi connectivity index (χ4n) is 1.83. The van der Waals surface area contributed by atoms with E-state index >= 15 is 0 Å². The highest BCUT2D eigenvalue weighted by Gasteiger charge is 2.20. The summed E-state index contributed by atoms with van der Waals surface area (Å²) in [7, 11) is 0. The molecule has 0 aromatic heterocycles. The van der Waals surface area contributed by atoms with Gasteiger partial charge in [-0.25, -0.2) is 0 Å². The van der Waals surface area contributed by atoms with Crippen LogP contribution < -0.4 is 0 Å². The molecule has 3 nitrogen and oxygen atoms in total. The molecule has 1 rings (SSSR count). The van der Waals surface area contributed by atoms with Gasteiger partial charge in [0.1, 0.15) is 0 Å². The fraction of sp³-hybridized carbons (Fsp3) is 1.00. The van der Waals surface area contributed by atoms with Crippen LogP contribution in [0.15, 0.2) is 0 Å². The maximum Gasteiger partial charge on any atom is 0.0835 e. The molecule has 0 aromatic rings. The van der Waals surface area contributed by atoms with E-state index in [9.17, 15) is 5.11 Å². The Balaban J connectivity index is 2.28. The number of ether oxygens (including phenoxy) is 1. The number of rotatable bonds is 3. The Bertz CT molecular complexity index is 125. The van der Waals surface area contributed by atoms with Gasteiger partial charge in [-0.2, -0.15) is 0 Å². The molecular formula is C10H20O3. The van der Waals surface area contributed by atoms with E-state index in [1.807, 2.05) is 0 Å². The summed E-state index contributed by atoms with van der Waals surface area (Å²) in [5, 5.41) is 18.3. The van der Waals surface area contributed by atoms with E-state index in [4.69, 9.17) is 9.84 Å². The summed E-state index contributed by atoms with van der Waals surface area (Å²) in [6.45, 7) is 0.394. The van der Waals surface area contributed by atoms with Crippen molar-refractivity contribution in [2.24, 2.45) is 0 Å². The zero-order chi connectivity index (χ0) is 9.52. The van der Waals surface area contributed by atoms with E-state index in [0.29, 0.717) is 6.61 Å². The summed E-state index contributed by atoms with van der Waals surface area (Å²) in [5.41, 5.74) is 0. The second-order valence-electron chi connectivity index (χ2n) is 3.69. The van der Waals surface area contributed by atoms with Gasteiger partial charge in [-0.15, -0.1) is 0 Å². The summed E-state index contributed by atoms with van der Waals surface area (Å²) in [4.78, 5) is 0. The topological polar surface area (TPSA) is 49.7 Å². The molecule has 0 aliphatic heterocycles. The lowest BCUT2D eigenvalue weighted by atomic mass is 9.96. The van der Waals surface area contributed by atoms with Crippen molar-refractivity contribution in [3.05, 3.63) is 0 Å². The molecule has 2 N–H and O–H groups in total. The van der Waals surface area contributed by atoms with Gasteiger partial charge in [-0.3, -0.25) is 0 Å². The van der Waals surface area contributed by atoms with Crippen LogP contribution in [0.2, 0.25) is 0 Å². The molecular weight excluding hydrogens is 168 g/mol. The normalized spacial score (nSPS) is 30.9. The van der Waals surface area contributed by atoms with Gasteiger partial charge in [0.25, 0.3) is 0 Å². The SMILES string of the molecule is OCCOC1CCCCCCC1O. The molecule has 2 atom stereocenters. The van der Waals surface area contributed by atoms with Crippen LogP contribution in [0, 0.1) is 0 Å². The zero-order valence-electron chi connectivity index (χ0n) is 8.11. The minimum Gasteiger partial charge on any atom is -0.394 e. The lowest BCUT2D eigenvalue weighted by molar-refractivity contribution is -0.0581. The van der Waals surface area contributed by atoms with E-state index in [-0.39, 0.29) is 18.8 Å². The Labute approximate surface area is 79.7 Å². The third-order valence-electron chi connectivity index (χ3n) is 2.59. The number of aliphatic hydroxyl groups is 2. The fourth-order valence-corrected chi connectivity index (χ4v) is 1.83. The molecule has 0 spiro atoms. The van der Waals surface area contributed by atoms with Gasteiger partial charge >= 0.3 is 0 Å². The van der Waals surface area contributed by atoms with Crippen LogP contribution in [0.1, 0.15) is 38.5 Å². The number of aliphatic hydroxyl groups excluding tert-OH is 2. The molecule has 13 heavy (non-hydrogen) atoms. The van der Waals surface area contributed by atoms with Crippen molar-refractivity contribution in [2.45, 2.75) is 50.7 Å². The van der Waals surface area contributed by atoms with E-state index in [1.54, 1.807) is 0 Å². The van der Waals surface area contributed by atoms with E-state index < -0.39 is 0 Å². The van der Waals surface area contributed by atoms with Crippen molar-refractivity contribution in [2.75, 3.05) is 13.2 Å². The molecule has 1 aliphatic rings. The predicted molar refractivity (Wildman–Crippen MR) is 50.5 cm³/mol. The van der Waals surface area contributed by atoms with E-state index in [2.05, 4.69) is 0 Å². The number of hydrogen-bond acceptors (Lipinski definition) is 3. The molecule has 3 heteroatoms. The molecule has 1 fully saturated rings. The first kappa shape index (κ1) is 11.0. The molecule has 2 unspecified atom stereocenters. The monoisotopic (exact) mass is 188 g/mol. The summed E-state index contributed by atoms with van der Waals surface area (Å²) < 4.78 is 5.38. The molecule has 0 aromatic carbocycles. The molecule has 0 heterocycles. The van der Waals surface area contributed by atoms with Crippen molar-refractivity contribution in [1.82, 2.24) is 0 Å². The third-order valence-corrected chi connectivity index (χ3v) is 2.59. The van der Waals surface area contributed by atoms with Gasteiger partial charge in [0.2, 0.25) is 0 Å². The molecule has 0 amide bonds. The van der Waals surface area contributed by atoms with Crippen LogP contribution in [-0.2, 0) is 4.74 Å². The average Bonchev–Trinajstić information content (AvgIpc) is 2.11. The summed E-state index contributed by atoms with van der Waals surface area (Å²) in [5.74, 6) is 0. The third kappa shape index (κ3) is 4.07. The average molecular weight is 188 g/mol. The van der Waals surface area contributed by atoms with Crippen molar-refractivity contribution >= 4 is 0 Å². The van der Waals surface area contributed by atoms with Gasteiger partial charge in [0, 0.05) is 0 Å². The van der Waals surface area contributed by atoms with Crippen molar-refractivity contribution in [3.8, 4) is 0 Å². The minimum atomic E-state index is -0.327. The van der Waals surface area contributed by atoms with Crippen LogP contribution in [0.4, 0.5) is 0 Å². The second kappa shape index (κ2) is 6.35. The van der Waals surface area contributed by atoms with Gasteiger partial charge < -0.3 is 14.9 Å². The Hall–Kier alpha value is -0.120. The van der Waals surface area contributed by atoms with Crippen LogP contribution in [0.5, 0.6) is 0 Å². The highest BCUT2D eigenvalue weighted by atomic mass is 16.5. The van der Waals surface area contributed by atoms with Gasteiger partial charge in [-0.05, 0) is 12.8 Å². The molecule has 1 aliphatic carbocycles. The van der Waals surface area contributed by atoms with E-state index in [1.165, 1.54) is 12.8 Å². The quantitative estimate of drug-likeness (QED) is 0.696. The molecule has 78 valence electrons. The number of hydrogen-bond donors (Lipinski definition) is 2. The maximum atomic E-state index is 9.69. The van der Waals surface area contributed by atoms with Crippen molar-refractivity contribution in [1.29, 1.82) is 0 Å². The van der Waals surface area contributed by atoms with Crippen molar-refractivity contribution < 1.29 is 14.9 Å². The highest BCUT2D eigenvalue weighted by molar-refractivity contribution is 4.72. The predicted octanol–water partition coefficient (Wildman–Crippen LogP) is 1.08. The van der Waals surface area contributed by atoms with Crippen LogP contribution in [-0.4, -0.2) is 35.6 Å². The summed E-state index contributed by atoms with van der Waals surface area (Å²) >= 11 is 0. The van der Waals surface area contributed by atoms with Gasteiger partial charge in [0.15, 0.2) is 0 Å². The molecule has 0 bridgehead atoms. The molecule has 0 radical (unpaired) electrons. The van der Waals surface area contributed by atoms with Crippen LogP contribution in [0.3, 0.4) is 0 Å². The smallest absolute Gasteiger partial charge is 0.0835 e. The Morgan fingerprint density at radius 2 is 1.77 bits per heavy atom. The summed E-state index contributed by atoms with van der Waals surface area (Å²) in [6, 6.07) is 0. The Morgan fingerprint density at radius 1 is 1.08 bits per heavy atom. The minimum absolute atomic E-state index is 0.0449. The van der Waals surface area contributed by atoms with Gasteiger partial charge in [0.05, 0.1) is 25.4 Å². The van der Waals surface area contributed by atoms with Crippen LogP contribution >= 0.6 is 0 Å². The molecule has 1 saturated carbocycles. The van der Waals surface area contributed by atoms with Crippen molar-refractivity contribution in [3.63, 3.8) is 0 Å². The maximum absolute atomic E-state index is 9.69. The first-order chi connectivity index (χ1) is 6.34. The lowest BCUT2D eigenvalue weighted by Gasteiger charge is -2.25. The standard InChI is InChI=1S/C10H20O3/c11-7-8-13-10-6-4-2-1-3-5-9(10)12/h9-12H,1-8H2. The Kier molecular flexibility index (Phi) is 5.35. The largest absolute Gasteiger partial charge is 0.394 e. The highest BCUT2D eigenvalue weighted by Crippen LogP contribution is 2.19. The first-order valence-corrected chi connectivity index (χ1v) is 5.25. The lowest BCUT2D eigenvalue weighted by Crippen LogP contribution is -2.31. The zero-order valence-corrected chi connectivity index (χ0v) is 8.11.